The summed E-state index contributed by atoms with van der Waals surface area (Å²) in [7, 11) is 0. The lowest BCUT2D eigenvalue weighted by Crippen LogP contribution is -2.26. The van der Waals surface area contributed by atoms with Crippen LogP contribution in [0.15, 0.2) is 53.1 Å². The maximum absolute atomic E-state index is 5.47. The van der Waals surface area contributed by atoms with E-state index in [1.165, 1.54) is 16.7 Å². The summed E-state index contributed by atoms with van der Waals surface area (Å²) in [5.74, 6) is 1.36. The van der Waals surface area contributed by atoms with Gasteiger partial charge in [0.1, 0.15) is 0 Å². The summed E-state index contributed by atoms with van der Waals surface area (Å²) < 4.78 is 5.47. The maximum Gasteiger partial charge on any atom is 0.241 e. The number of benzene rings is 2. The van der Waals surface area contributed by atoms with E-state index >= 15 is 0 Å². The monoisotopic (exact) mass is 319 g/mol. The highest BCUT2D eigenvalue weighted by atomic mass is 16.5. The first-order valence-corrected chi connectivity index (χ1v) is 8.47. The Morgan fingerprint density at radius 1 is 0.958 bits per heavy atom. The van der Waals surface area contributed by atoms with E-state index in [2.05, 4.69) is 58.4 Å². The molecule has 2 aromatic carbocycles. The number of hydrogen-bond acceptors (Lipinski definition) is 4. The summed E-state index contributed by atoms with van der Waals surface area (Å²) in [5, 5.41) is 4.13. The topological polar surface area (TPSA) is 42.2 Å². The number of rotatable bonds is 3. The van der Waals surface area contributed by atoms with Crippen LogP contribution in [-0.4, -0.2) is 28.1 Å². The SMILES string of the molecule is Cc1ccc(-c2noc(CN3CCc4ccccc4CC3)n2)cc1. The Bertz CT molecular complexity index is 796. The van der Waals surface area contributed by atoms with Crippen molar-refractivity contribution in [2.24, 2.45) is 0 Å². The van der Waals surface area contributed by atoms with Gasteiger partial charge in [-0.15, -0.1) is 0 Å². The highest BCUT2D eigenvalue weighted by Crippen LogP contribution is 2.19. The van der Waals surface area contributed by atoms with Crippen LogP contribution in [0.4, 0.5) is 0 Å². The fourth-order valence-electron chi connectivity index (χ4n) is 3.20. The number of hydrogen-bond donors (Lipinski definition) is 0. The normalized spacial score (nSPS) is 15.0. The second-order valence-electron chi connectivity index (χ2n) is 6.42. The van der Waals surface area contributed by atoms with E-state index in [1.807, 2.05) is 12.1 Å². The number of nitrogens with zero attached hydrogens (tertiary/aromatic N) is 3. The lowest BCUT2D eigenvalue weighted by Gasteiger charge is -2.16. The smallest absolute Gasteiger partial charge is 0.241 e. The van der Waals surface area contributed by atoms with Crippen LogP contribution in [0.25, 0.3) is 11.4 Å². The third kappa shape index (κ3) is 3.24. The molecule has 1 aliphatic rings. The molecule has 0 N–H and O–H groups in total. The fraction of sp³-hybridized carbons (Fsp3) is 0.300. The molecule has 0 amide bonds. The quantitative estimate of drug-likeness (QED) is 0.739. The molecule has 4 heteroatoms. The van der Waals surface area contributed by atoms with E-state index in [-0.39, 0.29) is 0 Å². The molecule has 0 bridgehead atoms. The van der Waals surface area contributed by atoms with Crippen molar-refractivity contribution >= 4 is 0 Å². The fourth-order valence-corrected chi connectivity index (χ4v) is 3.20. The minimum absolute atomic E-state index is 0.670. The van der Waals surface area contributed by atoms with Crippen molar-refractivity contribution in [3.8, 4) is 11.4 Å². The van der Waals surface area contributed by atoms with Gasteiger partial charge >= 0.3 is 0 Å². The average molecular weight is 319 g/mol. The Balaban J connectivity index is 1.44. The van der Waals surface area contributed by atoms with Crippen molar-refractivity contribution in [2.45, 2.75) is 26.3 Å². The first-order chi connectivity index (χ1) is 11.8. The zero-order valence-electron chi connectivity index (χ0n) is 13.9. The first kappa shape index (κ1) is 15.1. The van der Waals surface area contributed by atoms with Crippen molar-refractivity contribution < 1.29 is 4.52 Å². The molecule has 0 spiro atoms. The van der Waals surface area contributed by atoms with E-state index in [0.717, 1.165) is 31.5 Å². The second-order valence-corrected chi connectivity index (χ2v) is 6.42. The van der Waals surface area contributed by atoms with Crippen molar-refractivity contribution in [1.29, 1.82) is 0 Å². The highest BCUT2D eigenvalue weighted by molar-refractivity contribution is 5.54. The molecule has 0 saturated heterocycles. The lowest BCUT2D eigenvalue weighted by molar-refractivity contribution is 0.235. The van der Waals surface area contributed by atoms with Gasteiger partial charge in [0.15, 0.2) is 0 Å². The van der Waals surface area contributed by atoms with Crippen LogP contribution in [0, 0.1) is 6.92 Å². The minimum atomic E-state index is 0.670. The van der Waals surface area contributed by atoms with E-state index < -0.39 is 0 Å². The standard InChI is InChI=1S/C20H21N3O/c1-15-6-8-18(9-7-15)20-21-19(24-22-20)14-23-12-10-16-4-2-3-5-17(16)11-13-23/h2-9H,10-14H2,1H3. The number of aryl methyl sites for hydroxylation is 1. The van der Waals surface area contributed by atoms with Crippen LogP contribution >= 0.6 is 0 Å². The van der Waals surface area contributed by atoms with Crippen molar-refractivity contribution in [1.82, 2.24) is 15.0 Å². The van der Waals surface area contributed by atoms with Gasteiger partial charge in [-0.2, -0.15) is 4.98 Å². The Labute approximate surface area is 142 Å². The summed E-state index contributed by atoms with van der Waals surface area (Å²) in [5.41, 5.74) is 5.15. The molecule has 1 aliphatic heterocycles. The molecular formula is C20H21N3O. The minimum Gasteiger partial charge on any atom is -0.338 e. The zero-order valence-corrected chi connectivity index (χ0v) is 13.9. The predicted octanol–water partition coefficient (Wildman–Crippen LogP) is 3.65. The number of aromatic nitrogens is 2. The summed E-state index contributed by atoms with van der Waals surface area (Å²) >= 11 is 0. The van der Waals surface area contributed by atoms with E-state index in [0.29, 0.717) is 18.3 Å². The predicted molar refractivity (Wildman–Crippen MR) is 93.6 cm³/mol. The molecule has 3 aromatic rings. The van der Waals surface area contributed by atoms with Crippen molar-refractivity contribution in [2.75, 3.05) is 13.1 Å². The summed E-state index contributed by atoms with van der Waals surface area (Å²) in [6.45, 7) is 4.84. The number of fused-ring (bicyclic) bond motifs is 1. The lowest BCUT2D eigenvalue weighted by atomic mass is 10.0. The van der Waals surface area contributed by atoms with Gasteiger partial charge in [0, 0.05) is 18.7 Å². The van der Waals surface area contributed by atoms with E-state index in [4.69, 9.17) is 4.52 Å². The molecule has 0 atom stereocenters. The molecule has 0 radical (unpaired) electrons. The third-order valence-corrected chi connectivity index (χ3v) is 4.65. The summed E-state index contributed by atoms with van der Waals surface area (Å²) in [4.78, 5) is 6.96. The maximum atomic E-state index is 5.47. The summed E-state index contributed by atoms with van der Waals surface area (Å²) in [6.07, 6.45) is 2.16. The molecule has 0 unspecified atom stereocenters. The second kappa shape index (κ2) is 6.57. The van der Waals surface area contributed by atoms with Crippen molar-refractivity contribution in [3.63, 3.8) is 0 Å². The Hall–Kier alpha value is -2.46. The third-order valence-electron chi connectivity index (χ3n) is 4.65. The molecule has 24 heavy (non-hydrogen) atoms. The van der Waals surface area contributed by atoms with Gasteiger partial charge in [-0.1, -0.05) is 59.3 Å². The van der Waals surface area contributed by atoms with Gasteiger partial charge in [-0.25, -0.2) is 0 Å². The van der Waals surface area contributed by atoms with Gasteiger partial charge in [-0.05, 0) is 30.9 Å². The van der Waals surface area contributed by atoms with Crippen LogP contribution in [0.3, 0.4) is 0 Å². The molecule has 0 fully saturated rings. The summed E-state index contributed by atoms with van der Waals surface area (Å²) in [6, 6.07) is 16.9. The molecule has 2 heterocycles. The van der Waals surface area contributed by atoms with Gasteiger partial charge in [0.2, 0.25) is 11.7 Å². The van der Waals surface area contributed by atoms with Gasteiger partial charge in [0.05, 0.1) is 6.54 Å². The van der Waals surface area contributed by atoms with Crippen LogP contribution in [-0.2, 0) is 19.4 Å². The first-order valence-electron chi connectivity index (χ1n) is 8.47. The molecule has 1 aromatic heterocycles. The van der Waals surface area contributed by atoms with Crippen LogP contribution in [0.1, 0.15) is 22.6 Å². The van der Waals surface area contributed by atoms with Crippen LogP contribution in [0.2, 0.25) is 0 Å². The Morgan fingerprint density at radius 3 is 2.29 bits per heavy atom. The largest absolute Gasteiger partial charge is 0.338 e. The Morgan fingerprint density at radius 2 is 1.62 bits per heavy atom. The zero-order chi connectivity index (χ0) is 16.4. The molecule has 4 nitrogen and oxygen atoms in total. The van der Waals surface area contributed by atoms with E-state index in [9.17, 15) is 0 Å². The highest BCUT2D eigenvalue weighted by Gasteiger charge is 2.17. The van der Waals surface area contributed by atoms with Gasteiger partial charge in [0.25, 0.3) is 0 Å². The molecular weight excluding hydrogens is 298 g/mol. The van der Waals surface area contributed by atoms with Gasteiger partial charge in [-0.3, -0.25) is 4.90 Å². The van der Waals surface area contributed by atoms with Crippen LogP contribution < -0.4 is 0 Å². The molecule has 0 aliphatic carbocycles. The van der Waals surface area contributed by atoms with Crippen molar-refractivity contribution in [3.05, 3.63) is 71.1 Å². The van der Waals surface area contributed by atoms with Gasteiger partial charge < -0.3 is 4.52 Å². The molecule has 4 rings (SSSR count). The molecule has 122 valence electrons. The molecule has 0 saturated carbocycles. The van der Waals surface area contributed by atoms with E-state index in [1.54, 1.807) is 0 Å². The van der Waals surface area contributed by atoms with Crippen LogP contribution in [0.5, 0.6) is 0 Å². The average Bonchev–Trinajstić information content (AvgIpc) is 2.97. The Kier molecular flexibility index (Phi) is 4.13.